The molecule has 0 aliphatic carbocycles. The second kappa shape index (κ2) is 7.68. The van der Waals surface area contributed by atoms with Crippen molar-refractivity contribution in [1.82, 2.24) is 14.7 Å². The average molecular weight is 455 g/mol. The number of amides is 1. The van der Waals surface area contributed by atoms with Crippen LogP contribution in [0.2, 0.25) is 0 Å². The number of carbonyl (C=O) groups excluding carboxylic acids is 1. The lowest BCUT2D eigenvalue weighted by atomic mass is 9.92. The smallest absolute Gasteiger partial charge is 0.406 e. The number of aromatic nitrogens is 2. The topological polar surface area (TPSA) is 60.5 Å². The normalized spacial score (nSPS) is 14.1. The van der Waals surface area contributed by atoms with Crippen molar-refractivity contribution in [3.63, 3.8) is 0 Å². The van der Waals surface area contributed by atoms with Crippen LogP contribution in [0.5, 0.6) is 5.75 Å². The Morgan fingerprint density at radius 3 is 2.67 bits per heavy atom. The molecule has 33 heavy (non-hydrogen) atoms. The van der Waals surface area contributed by atoms with Crippen LogP contribution in [0.3, 0.4) is 0 Å². The van der Waals surface area contributed by atoms with Crippen molar-refractivity contribution < 1.29 is 27.1 Å². The fourth-order valence-corrected chi connectivity index (χ4v) is 4.31. The molecule has 0 radical (unpaired) electrons. The zero-order chi connectivity index (χ0) is 23.3. The van der Waals surface area contributed by atoms with Crippen LogP contribution in [0.4, 0.5) is 13.2 Å². The van der Waals surface area contributed by atoms with Crippen molar-refractivity contribution in [2.24, 2.45) is 7.05 Å². The maximum absolute atomic E-state index is 12.9. The molecule has 6 nitrogen and oxygen atoms in total. The number of furan rings is 1. The van der Waals surface area contributed by atoms with E-state index in [1.165, 1.54) is 7.11 Å². The second-order valence-electron chi connectivity index (χ2n) is 8.07. The van der Waals surface area contributed by atoms with Crippen LogP contribution in [-0.4, -0.2) is 47.0 Å². The third kappa shape index (κ3) is 3.83. The van der Waals surface area contributed by atoms with Gasteiger partial charge in [0.15, 0.2) is 0 Å². The summed E-state index contributed by atoms with van der Waals surface area (Å²) in [6, 6.07) is 9.38. The summed E-state index contributed by atoms with van der Waals surface area (Å²) in [5.41, 5.74) is 5.06. The second-order valence-corrected chi connectivity index (χ2v) is 8.07. The molecule has 0 unspecified atom stereocenters. The van der Waals surface area contributed by atoms with E-state index < -0.39 is 18.6 Å². The summed E-state index contributed by atoms with van der Waals surface area (Å²) < 4.78 is 51.6. The summed E-state index contributed by atoms with van der Waals surface area (Å²) in [6.45, 7) is -1.28. The maximum atomic E-state index is 12.9. The highest BCUT2D eigenvalue weighted by Gasteiger charge is 2.37. The number of rotatable bonds is 4. The molecule has 2 aromatic heterocycles. The molecule has 1 aliphatic heterocycles. The fourth-order valence-electron chi connectivity index (χ4n) is 4.31. The van der Waals surface area contributed by atoms with Crippen LogP contribution in [0, 0.1) is 0 Å². The van der Waals surface area contributed by atoms with E-state index in [9.17, 15) is 18.0 Å². The van der Waals surface area contributed by atoms with Gasteiger partial charge < -0.3 is 14.1 Å². The van der Waals surface area contributed by atoms with Gasteiger partial charge in [0.25, 0.3) is 5.91 Å². The fraction of sp³-hybridized carbons (Fsp3) is 0.250. The zero-order valence-corrected chi connectivity index (χ0v) is 17.9. The highest BCUT2D eigenvalue weighted by Crippen LogP contribution is 2.39. The lowest BCUT2D eigenvalue weighted by molar-refractivity contribution is -0.141. The predicted molar refractivity (Wildman–Crippen MR) is 116 cm³/mol. The molecule has 0 N–H and O–H groups in total. The van der Waals surface area contributed by atoms with Crippen molar-refractivity contribution in [2.45, 2.75) is 12.6 Å². The number of hydrogen-bond donors (Lipinski definition) is 0. The summed E-state index contributed by atoms with van der Waals surface area (Å²) in [5.74, 6) is -0.421. The van der Waals surface area contributed by atoms with Gasteiger partial charge in [-0.3, -0.25) is 9.48 Å². The first-order chi connectivity index (χ1) is 15.7. The van der Waals surface area contributed by atoms with Crippen molar-refractivity contribution in [3.8, 4) is 28.0 Å². The molecule has 0 saturated carbocycles. The van der Waals surface area contributed by atoms with E-state index in [-0.39, 0.29) is 17.9 Å². The third-order valence-electron chi connectivity index (χ3n) is 5.85. The number of aryl methyl sites for hydroxylation is 1. The van der Waals surface area contributed by atoms with Crippen LogP contribution in [0.15, 0.2) is 53.4 Å². The van der Waals surface area contributed by atoms with Gasteiger partial charge in [-0.25, -0.2) is 0 Å². The van der Waals surface area contributed by atoms with E-state index in [4.69, 9.17) is 9.15 Å². The molecule has 0 bridgehead atoms. The average Bonchev–Trinajstić information content (AvgIpc) is 3.40. The van der Waals surface area contributed by atoms with Gasteiger partial charge in [0.1, 0.15) is 17.9 Å². The van der Waals surface area contributed by atoms with Crippen LogP contribution in [0.25, 0.3) is 33.2 Å². The minimum absolute atomic E-state index is 0.00143. The Balaban J connectivity index is 1.54. The molecular formula is C24H20F3N3O3. The van der Waals surface area contributed by atoms with Gasteiger partial charge in [-0.15, -0.1) is 0 Å². The Hall–Kier alpha value is -3.75. The van der Waals surface area contributed by atoms with E-state index >= 15 is 0 Å². The number of ether oxygens (including phenoxy) is 1. The molecule has 1 amide bonds. The van der Waals surface area contributed by atoms with Gasteiger partial charge in [0, 0.05) is 36.3 Å². The van der Waals surface area contributed by atoms with Gasteiger partial charge in [-0.1, -0.05) is 6.07 Å². The molecule has 2 aromatic carbocycles. The third-order valence-corrected chi connectivity index (χ3v) is 5.85. The minimum atomic E-state index is -4.45. The van der Waals surface area contributed by atoms with Crippen molar-refractivity contribution in [1.29, 1.82) is 0 Å². The molecule has 0 fully saturated rings. The largest absolute Gasteiger partial charge is 0.496 e. The quantitative estimate of drug-likeness (QED) is 0.431. The predicted octanol–water partition coefficient (Wildman–Crippen LogP) is 5.07. The Kier molecular flexibility index (Phi) is 4.92. The van der Waals surface area contributed by atoms with Crippen molar-refractivity contribution in [3.05, 3.63) is 60.1 Å². The number of hydrogen-bond acceptors (Lipinski definition) is 4. The number of benzene rings is 2. The first kappa shape index (κ1) is 21.1. The number of methoxy groups -OCH3 is 1. The van der Waals surface area contributed by atoms with E-state index in [1.54, 1.807) is 23.2 Å². The molecule has 170 valence electrons. The van der Waals surface area contributed by atoms with Crippen molar-refractivity contribution in [2.75, 3.05) is 20.2 Å². The zero-order valence-electron chi connectivity index (χ0n) is 17.9. The van der Waals surface area contributed by atoms with Gasteiger partial charge in [0.2, 0.25) is 0 Å². The van der Waals surface area contributed by atoms with Gasteiger partial charge in [-0.05, 0) is 47.4 Å². The summed E-state index contributed by atoms with van der Waals surface area (Å²) in [7, 11) is 3.26. The van der Waals surface area contributed by atoms with Crippen LogP contribution in [0.1, 0.15) is 15.9 Å². The summed E-state index contributed by atoms with van der Waals surface area (Å²) in [4.78, 5) is 13.6. The highest BCUT2D eigenvalue weighted by molar-refractivity contribution is 6.02. The number of carbonyl (C=O) groups is 1. The summed E-state index contributed by atoms with van der Waals surface area (Å²) in [6.07, 6.45) is 1.18. The molecule has 5 rings (SSSR count). The molecule has 0 atom stereocenters. The molecule has 0 spiro atoms. The van der Waals surface area contributed by atoms with E-state index in [1.807, 2.05) is 37.5 Å². The Morgan fingerprint density at radius 2 is 1.97 bits per heavy atom. The van der Waals surface area contributed by atoms with E-state index in [2.05, 4.69) is 5.10 Å². The number of nitrogens with zero attached hydrogens (tertiary/aromatic N) is 3. The monoisotopic (exact) mass is 455 g/mol. The number of halogens is 3. The van der Waals surface area contributed by atoms with Crippen LogP contribution < -0.4 is 4.74 Å². The standard InChI is InChI=1S/C24H20F3N3O3/c1-29-11-17(10-28-29)14-3-4-18-19(12-33-20(18)8-14)16-7-15-5-6-30(13-24(25,26)27)23(31)22(15)21(9-16)32-2/h3-4,7-12H,5-6,13H2,1-2H3. The Labute approximate surface area is 187 Å². The van der Waals surface area contributed by atoms with E-state index in [0.717, 1.165) is 32.5 Å². The summed E-state index contributed by atoms with van der Waals surface area (Å²) >= 11 is 0. The SMILES string of the molecule is COc1cc(-c2coc3cc(-c4cnn(C)c4)ccc23)cc2c1C(=O)N(CC(F)(F)F)CC2. The Morgan fingerprint density at radius 1 is 1.15 bits per heavy atom. The minimum Gasteiger partial charge on any atom is -0.496 e. The van der Waals surface area contributed by atoms with Crippen molar-refractivity contribution >= 4 is 16.9 Å². The lowest BCUT2D eigenvalue weighted by Gasteiger charge is -2.30. The van der Waals surface area contributed by atoms with Gasteiger partial charge >= 0.3 is 6.18 Å². The van der Waals surface area contributed by atoms with Crippen LogP contribution in [-0.2, 0) is 13.5 Å². The van der Waals surface area contributed by atoms with Crippen LogP contribution >= 0.6 is 0 Å². The molecule has 1 aliphatic rings. The van der Waals surface area contributed by atoms with Gasteiger partial charge in [0.05, 0.1) is 25.1 Å². The number of alkyl halides is 3. The summed E-state index contributed by atoms with van der Waals surface area (Å²) in [5, 5.41) is 5.08. The maximum Gasteiger partial charge on any atom is 0.406 e. The molecule has 0 saturated heterocycles. The van der Waals surface area contributed by atoms with E-state index in [0.29, 0.717) is 17.6 Å². The molecule has 4 aromatic rings. The first-order valence-electron chi connectivity index (χ1n) is 10.3. The first-order valence-corrected chi connectivity index (χ1v) is 10.3. The number of fused-ring (bicyclic) bond motifs is 2. The molecule has 3 heterocycles. The van der Waals surface area contributed by atoms with Gasteiger partial charge in [-0.2, -0.15) is 18.3 Å². The lowest BCUT2D eigenvalue weighted by Crippen LogP contribution is -2.43. The Bertz CT molecular complexity index is 1350. The molecular weight excluding hydrogens is 435 g/mol. The highest BCUT2D eigenvalue weighted by atomic mass is 19.4. The molecule has 9 heteroatoms.